The van der Waals surface area contributed by atoms with Crippen LogP contribution in [0.4, 0.5) is 5.82 Å². The number of fused-ring (bicyclic) bond motifs is 1. The van der Waals surface area contributed by atoms with Gasteiger partial charge in [-0.3, -0.25) is 9.69 Å². The first-order valence-electron chi connectivity index (χ1n) is 11.2. The minimum absolute atomic E-state index is 0.0750. The first kappa shape index (κ1) is 22.3. The fraction of sp³-hybridized carbons (Fsp3) is 0.375. The lowest BCUT2D eigenvalue weighted by molar-refractivity contribution is -0.137. The number of hydrogen-bond acceptors (Lipinski definition) is 6. The number of para-hydroxylation sites is 1. The SMILES string of the molecule is N[C@@H]1CCN(C(C(=O)N2CCN(c3ncnc4ccccc34)CC2)c2ccc(Cl)c(Cl)c2)C1. The van der Waals surface area contributed by atoms with E-state index in [1.165, 1.54) is 0 Å². The zero-order valence-corrected chi connectivity index (χ0v) is 19.7. The first-order chi connectivity index (χ1) is 16.0. The zero-order valence-electron chi connectivity index (χ0n) is 18.2. The molecule has 3 heterocycles. The van der Waals surface area contributed by atoms with Crippen molar-refractivity contribution in [3.63, 3.8) is 0 Å². The van der Waals surface area contributed by atoms with Gasteiger partial charge < -0.3 is 15.5 Å². The number of nitrogens with two attached hydrogens (primary N) is 1. The Labute approximate surface area is 203 Å². The summed E-state index contributed by atoms with van der Waals surface area (Å²) in [6.45, 7) is 4.12. The van der Waals surface area contributed by atoms with E-state index in [1.807, 2.05) is 35.2 Å². The predicted octanol–water partition coefficient (Wildman–Crippen LogP) is 3.36. The highest BCUT2D eigenvalue weighted by Gasteiger charge is 2.36. The molecule has 0 bridgehead atoms. The third kappa shape index (κ3) is 4.51. The smallest absolute Gasteiger partial charge is 0.244 e. The number of benzene rings is 2. The second-order valence-corrected chi connectivity index (χ2v) is 9.46. The van der Waals surface area contributed by atoms with Gasteiger partial charge in [-0.05, 0) is 36.2 Å². The van der Waals surface area contributed by atoms with Crippen molar-refractivity contribution in [3.05, 3.63) is 64.4 Å². The van der Waals surface area contributed by atoms with Crippen molar-refractivity contribution in [2.45, 2.75) is 18.5 Å². The van der Waals surface area contributed by atoms with Crippen LogP contribution in [0.3, 0.4) is 0 Å². The predicted molar refractivity (Wildman–Crippen MR) is 132 cm³/mol. The Hall–Kier alpha value is -2.45. The molecule has 2 aliphatic heterocycles. The number of halogens is 2. The molecule has 2 saturated heterocycles. The third-order valence-electron chi connectivity index (χ3n) is 6.53. The number of rotatable bonds is 4. The van der Waals surface area contributed by atoms with Crippen molar-refractivity contribution in [1.29, 1.82) is 0 Å². The van der Waals surface area contributed by atoms with Gasteiger partial charge in [-0.2, -0.15) is 0 Å². The van der Waals surface area contributed by atoms with E-state index in [4.69, 9.17) is 28.9 Å². The van der Waals surface area contributed by atoms with Crippen molar-refractivity contribution < 1.29 is 4.79 Å². The number of carbonyl (C=O) groups excluding carboxylic acids is 1. The van der Waals surface area contributed by atoms with Crippen molar-refractivity contribution in [2.75, 3.05) is 44.2 Å². The molecule has 2 aliphatic rings. The van der Waals surface area contributed by atoms with Gasteiger partial charge in [0.15, 0.2) is 0 Å². The highest BCUT2D eigenvalue weighted by molar-refractivity contribution is 6.42. The highest BCUT2D eigenvalue weighted by atomic mass is 35.5. The Morgan fingerprint density at radius 2 is 1.79 bits per heavy atom. The molecule has 2 fully saturated rings. The highest BCUT2D eigenvalue weighted by Crippen LogP contribution is 2.32. The van der Waals surface area contributed by atoms with E-state index in [0.717, 1.165) is 35.2 Å². The van der Waals surface area contributed by atoms with Gasteiger partial charge in [0.25, 0.3) is 0 Å². The largest absolute Gasteiger partial charge is 0.352 e. The summed E-state index contributed by atoms with van der Waals surface area (Å²) >= 11 is 12.4. The van der Waals surface area contributed by atoms with Crippen LogP contribution in [0.15, 0.2) is 48.8 Å². The quantitative estimate of drug-likeness (QED) is 0.611. The number of piperazine rings is 1. The number of anilines is 1. The van der Waals surface area contributed by atoms with Crippen LogP contribution in [0.2, 0.25) is 10.0 Å². The average molecular weight is 485 g/mol. The molecule has 1 aromatic heterocycles. The molecule has 7 nitrogen and oxygen atoms in total. The lowest BCUT2D eigenvalue weighted by atomic mass is 10.0. The van der Waals surface area contributed by atoms with E-state index in [0.29, 0.717) is 42.8 Å². The Morgan fingerprint density at radius 3 is 2.52 bits per heavy atom. The number of hydrogen-bond donors (Lipinski definition) is 1. The normalized spacial score (nSPS) is 20.4. The Morgan fingerprint density at radius 1 is 1.00 bits per heavy atom. The monoisotopic (exact) mass is 484 g/mol. The van der Waals surface area contributed by atoms with Crippen LogP contribution in [0.5, 0.6) is 0 Å². The molecule has 2 aromatic carbocycles. The fourth-order valence-electron chi connectivity index (χ4n) is 4.80. The van der Waals surface area contributed by atoms with Gasteiger partial charge in [-0.1, -0.05) is 41.4 Å². The molecule has 2 atom stereocenters. The maximum Gasteiger partial charge on any atom is 0.244 e. The van der Waals surface area contributed by atoms with Crippen LogP contribution in [-0.2, 0) is 4.79 Å². The molecule has 33 heavy (non-hydrogen) atoms. The van der Waals surface area contributed by atoms with Crippen LogP contribution in [-0.4, -0.2) is 71.0 Å². The first-order valence-corrected chi connectivity index (χ1v) is 11.9. The van der Waals surface area contributed by atoms with Crippen LogP contribution >= 0.6 is 23.2 Å². The molecule has 5 rings (SSSR count). The Balaban J connectivity index is 1.35. The summed E-state index contributed by atoms with van der Waals surface area (Å²) in [6.07, 6.45) is 2.48. The van der Waals surface area contributed by atoms with Gasteiger partial charge in [0.05, 0.1) is 15.6 Å². The van der Waals surface area contributed by atoms with E-state index in [2.05, 4.69) is 19.8 Å². The topological polar surface area (TPSA) is 78.6 Å². The third-order valence-corrected chi connectivity index (χ3v) is 7.27. The Bertz CT molecular complexity index is 1160. The van der Waals surface area contributed by atoms with Gasteiger partial charge >= 0.3 is 0 Å². The molecule has 1 unspecified atom stereocenters. The van der Waals surface area contributed by atoms with E-state index in [1.54, 1.807) is 18.5 Å². The van der Waals surface area contributed by atoms with Crippen LogP contribution in [0.1, 0.15) is 18.0 Å². The molecular weight excluding hydrogens is 459 g/mol. The van der Waals surface area contributed by atoms with Gasteiger partial charge in [0.1, 0.15) is 18.2 Å². The second kappa shape index (κ2) is 9.43. The minimum Gasteiger partial charge on any atom is -0.352 e. The van der Waals surface area contributed by atoms with Crippen molar-refractivity contribution in [3.8, 4) is 0 Å². The number of nitrogens with zero attached hydrogens (tertiary/aromatic N) is 5. The molecule has 3 aromatic rings. The summed E-state index contributed by atoms with van der Waals surface area (Å²) < 4.78 is 0. The lowest BCUT2D eigenvalue weighted by Gasteiger charge is -2.39. The molecule has 0 spiro atoms. The van der Waals surface area contributed by atoms with E-state index in [-0.39, 0.29) is 11.9 Å². The van der Waals surface area contributed by atoms with Crippen LogP contribution < -0.4 is 10.6 Å². The summed E-state index contributed by atoms with van der Waals surface area (Å²) in [4.78, 5) is 29.0. The van der Waals surface area contributed by atoms with E-state index >= 15 is 0 Å². The molecule has 0 aliphatic carbocycles. The van der Waals surface area contributed by atoms with Gasteiger partial charge in [0.2, 0.25) is 5.91 Å². The van der Waals surface area contributed by atoms with Crippen LogP contribution in [0, 0.1) is 0 Å². The maximum atomic E-state index is 13.8. The summed E-state index contributed by atoms with van der Waals surface area (Å²) in [5.41, 5.74) is 7.95. The number of carbonyl (C=O) groups is 1. The average Bonchev–Trinajstić information content (AvgIpc) is 3.26. The zero-order chi connectivity index (χ0) is 22.9. The van der Waals surface area contributed by atoms with Gasteiger partial charge in [-0.25, -0.2) is 9.97 Å². The van der Waals surface area contributed by atoms with E-state index in [9.17, 15) is 4.79 Å². The summed E-state index contributed by atoms with van der Waals surface area (Å²) in [6, 6.07) is 13.1. The number of amides is 1. The molecule has 2 N–H and O–H groups in total. The van der Waals surface area contributed by atoms with Crippen molar-refractivity contribution in [2.24, 2.45) is 5.73 Å². The lowest BCUT2D eigenvalue weighted by Crippen LogP contribution is -2.52. The fourth-order valence-corrected chi connectivity index (χ4v) is 5.10. The van der Waals surface area contributed by atoms with Gasteiger partial charge in [-0.15, -0.1) is 0 Å². The number of likely N-dealkylation sites (tertiary alicyclic amines) is 1. The molecule has 0 radical (unpaired) electrons. The standard InChI is InChI=1S/C24H26Cl2N6O/c25-19-6-5-16(13-20(19)26)22(32-8-7-17(27)14-32)24(33)31-11-9-30(10-12-31)23-18-3-1-2-4-21(18)28-15-29-23/h1-6,13,15,17,22H,7-12,14,27H2/t17-,22?/m1/s1. The van der Waals surface area contributed by atoms with Crippen LogP contribution in [0.25, 0.3) is 10.9 Å². The van der Waals surface area contributed by atoms with E-state index < -0.39 is 6.04 Å². The van der Waals surface area contributed by atoms with Gasteiger partial charge in [0, 0.05) is 50.7 Å². The minimum atomic E-state index is -0.417. The van der Waals surface area contributed by atoms with Crippen molar-refractivity contribution in [1.82, 2.24) is 19.8 Å². The summed E-state index contributed by atoms with van der Waals surface area (Å²) in [5.74, 6) is 0.994. The molecule has 172 valence electrons. The maximum absolute atomic E-state index is 13.8. The molecule has 9 heteroatoms. The summed E-state index contributed by atoms with van der Waals surface area (Å²) in [5, 5.41) is 1.96. The Kier molecular flexibility index (Phi) is 6.38. The molecular formula is C24H26Cl2N6O. The molecule has 1 amide bonds. The summed E-state index contributed by atoms with van der Waals surface area (Å²) in [7, 11) is 0. The second-order valence-electron chi connectivity index (χ2n) is 8.65. The number of aromatic nitrogens is 2. The van der Waals surface area contributed by atoms with Crippen molar-refractivity contribution >= 4 is 45.8 Å². The molecule has 0 saturated carbocycles.